The molecule has 0 fully saturated rings. The fourth-order valence-corrected chi connectivity index (χ4v) is 6.46. The predicted octanol–water partition coefficient (Wildman–Crippen LogP) is 5.44. The zero-order valence-corrected chi connectivity index (χ0v) is 26.7. The highest BCUT2D eigenvalue weighted by Gasteiger charge is 2.27. The van der Waals surface area contributed by atoms with Gasteiger partial charge in [0.05, 0.1) is 21.6 Å². The zero-order chi connectivity index (χ0) is 35.2. The van der Waals surface area contributed by atoms with Crippen LogP contribution in [0.3, 0.4) is 0 Å². The van der Waals surface area contributed by atoms with Gasteiger partial charge >= 0.3 is 5.69 Å². The van der Waals surface area contributed by atoms with E-state index in [0.29, 0.717) is 28.8 Å². The molecule has 3 aromatic carbocycles. The quantitative estimate of drug-likeness (QED) is 0.0778. The van der Waals surface area contributed by atoms with Gasteiger partial charge < -0.3 is 16.0 Å². The number of hydrogen-bond acceptors (Lipinski definition) is 14. The third-order valence-electron chi connectivity index (χ3n) is 6.90. The fraction of sp³-hybridized carbons (Fsp3) is 0.160. The van der Waals surface area contributed by atoms with Gasteiger partial charge in [-0.15, -0.1) is 0 Å². The van der Waals surface area contributed by atoms with Gasteiger partial charge in [-0.2, -0.15) is 36.2 Å². The molecule has 0 atom stereocenters. The molecule has 5 N–H and O–H groups in total. The highest BCUT2D eigenvalue weighted by Crippen LogP contribution is 2.37. The number of nitro groups is 2. The number of rotatable bonds is 10. The Morgan fingerprint density at radius 1 is 0.745 bits per heavy atom. The number of nitro benzene ring substituents is 2. The first-order chi connectivity index (χ1) is 21.7. The monoisotopic (exact) mass is 712 g/mol. The lowest BCUT2D eigenvalue weighted by Crippen LogP contribution is -2.12. The Morgan fingerprint density at radius 3 is 1.89 bits per heavy atom. The molecule has 22 heteroatoms. The SMILES string of the molecule is Cc1c(C)c(Nc2nc(Cl)nc(Nc3ccc(Nc4cc(F)c([N+](=O)[O-])cc4[N+](=O)[O-])cc3S(=O)(=O)O)n2)c(C)c(S(=O)(=O)O)c1C. The third-order valence-corrected chi connectivity index (χ3v) is 9.09. The van der Waals surface area contributed by atoms with Crippen LogP contribution in [0.1, 0.15) is 22.3 Å². The normalized spacial score (nSPS) is 11.7. The zero-order valence-electron chi connectivity index (χ0n) is 24.4. The molecule has 4 aromatic rings. The Kier molecular flexibility index (Phi) is 9.32. The Morgan fingerprint density at radius 2 is 1.34 bits per heavy atom. The first-order valence-electron chi connectivity index (χ1n) is 12.7. The number of nitrogens with one attached hydrogen (secondary N) is 3. The number of hydrogen-bond donors (Lipinski definition) is 5. The molecule has 18 nitrogen and oxygen atoms in total. The molecule has 1 aromatic heterocycles. The highest BCUT2D eigenvalue weighted by molar-refractivity contribution is 7.86. The Hall–Kier alpha value is -5.09. The van der Waals surface area contributed by atoms with Gasteiger partial charge in [0.25, 0.3) is 25.9 Å². The van der Waals surface area contributed by atoms with Gasteiger partial charge in [0.2, 0.25) is 23.0 Å². The summed E-state index contributed by atoms with van der Waals surface area (Å²) in [7, 11) is -9.66. The lowest BCUT2D eigenvalue weighted by Gasteiger charge is -2.19. The molecular formula is C25H22ClFN8O10S2. The van der Waals surface area contributed by atoms with Crippen LogP contribution in [0.4, 0.5) is 50.4 Å². The second-order valence-electron chi connectivity index (χ2n) is 9.83. The maximum atomic E-state index is 14.3. The van der Waals surface area contributed by atoms with E-state index >= 15 is 0 Å². The summed E-state index contributed by atoms with van der Waals surface area (Å²) in [5.41, 5.74) is -1.35. The lowest BCUT2D eigenvalue weighted by atomic mass is 9.98. The average Bonchev–Trinajstić information content (AvgIpc) is 2.93. The first-order valence-corrected chi connectivity index (χ1v) is 16.0. The number of nitrogens with zero attached hydrogens (tertiary/aromatic N) is 5. The molecular weight excluding hydrogens is 691 g/mol. The highest BCUT2D eigenvalue weighted by atomic mass is 35.5. The average molecular weight is 713 g/mol. The second-order valence-corrected chi connectivity index (χ2v) is 12.9. The summed E-state index contributed by atoms with van der Waals surface area (Å²) in [6.07, 6.45) is 0. The lowest BCUT2D eigenvalue weighted by molar-refractivity contribution is -0.395. The van der Waals surface area contributed by atoms with Crippen LogP contribution in [0.2, 0.25) is 5.28 Å². The molecule has 1 heterocycles. The maximum absolute atomic E-state index is 14.3. The minimum atomic E-state index is -5.03. The number of halogens is 2. The fourth-order valence-electron chi connectivity index (χ4n) is 4.60. The van der Waals surface area contributed by atoms with Crippen molar-refractivity contribution in [3.63, 3.8) is 0 Å². The summed E-state index contributed by atoms with van der Waals surface area (Å²) in [5, 5.41) is 29.9. The molecule has 248 valence electrons. The summed E-state index contributed by atoms with van der Waals surface area (Å²) < 4.78 is 82.8. The van der Waals surface area contributed by atoms with Crippen LogP contribution in [-0.4, -0.2) is 50.7 Å². The largest absolute Gasteiger partial charge is 0.350 e. The second kappa shape index (κ2) is 12.6. The van der Waals surface area contributed by atoms with E-state index < -0.39 is 63.1 Å². The molecule has 0 saturated carbocycles. The summed E-state index contributed by atoms with van der Waals surface area (Å²) in [4.78, 5) is 31.1. The van der Waals surface area contributed by atoms with Crippen molar-refractivity contribution >= 4 is 77.9 Å². The van der Waals surface area contributed by atoms with E-state index in [1.807, 2.05) is 0 Å². The molecule has 0 aliphatic carbocycles. The van der Waals surface area contributed by atoms with Crippen LogP contribution < -0.4 is 16.0 Å². The molecule has 0 bridgehead atoms. The van der Waals surface area contributed by atoms with Crippen LogP contribution >= 0.6 is 11.6 Å². The van der Waals surface area contributed by atoms with Crippen LogP contribution in [-0.2, 0) is 20.2 Å². The smallest absolute Gasteiger partial charge is 0.311 e. The summed E-state index contributed by atoms with van der Waals surface area (Å²) in [6, 6.07) is 3.94. The molecule has 47 heavy (non-hydrogen) atoms. The maximum Gasteiger partial charge on any atom is 0.311 e. The topological polar surface area (TPSA) is 270 Å². The Balaban J connectivity index is 1.74. The van der Waals surface area contributed by atoms with Gasteiger partial charge in [-0.3, -0.25) is 29.3 Å². The molecule has 0 saturated heterocycles. The van der Waals surface area contributed by atoms with Gasteiger partial charge in [0, 0.05) is 17.4 Å². The third kappa shape index (κ3) is 7.33. The summed E-state index contributed by atoms with van der Waals surface area (Å²) >= 11 is 6.07. The molecule has 0 amide bonds. The molecule has 4 rings (SSSR count). The van der Waals surface area contributed by atoms with Crippen LogP contribution in [0.5, 0.6) is 0 Å². The minimum Gasteiger partial charge on any atom is -0.350 e. The summed E-state index contributed by atoms with van der Waals surface area (Å²) in [5.74, 6) is -2.00. The molecule has 0 aliphatic heterocycles. The van der Waals surface area contributed by atoms with E-state index in [-0.39, 0.29) is 39.4 Å². The van der Waals surface area contributed by atoms with E-state index in [9.17, 15) is 50.6 Å². The molecule has 0 radical (unpaired) electrons. The van der Waals surface area contributed by atoms with Gasteiger partial charge in [-0.1, -0.05) is 0 Å². The van der Waals surface area contributed by atoms with Crippen LogP contribution in [0.15, 0.2) is 40.1 Å². The van der Waals surface area contributed by atoms with Crippen molar-refractivity contribution in [3.8, 4) is 0 Å². The van der Waals surface area contributed by atoms with Gasteiger partial charge in [-0.25, -0.2) is 0 Å². The van der Waals surface area contributed by atoms with Gasteiger partial charge in [0.15, 0.2) is 0 Å². The Labute approximate surface area is 269 Å². The molecule has 0 spiro atoms. The van der Waals surface area contributed by atoms with Crippen molar-refractivity contribution in [1.29, 1.82) is 0 Å². The van der Waals surface area contributed by atoms with Gasteiger partial charge in [0.1, 0.15) is 15.5 Å². The number of anilines is 6. The minimum absolute atomic E-state index is 0.143. The number of benzene rings is 3. The van der Waals surface area contributed by atoms with Crippen molar-refractivity contribution < 1.29 is 40.2 Å². The van der Waals surface area contributed by atoms with Crippen LogP contribution in [0.25, 0.3) is 0 Å². The Bertz CT molecular complexity index is 2220. The predicted molar refractivity (Wildman–Crippen MR) is 166 cm³/mol. The van der Waals surface area contributed by atoms with E-state index in [1.165, 1.54) is 19.9 Å². The van der Waals surface area contributed by atoms with Gasteiger partial charge in [-0.05, 0) is 79.7 Å². The van der Waals surface area contributed by atoms with Crippen molar-refractivity contribution in [2.75, 3.05) is 16.0 Å². The van der Waals surface area contributed by atoms with E-state index in [4.69, 9.17) is 11.6 Å². The van der Waals surface area contributed by atoms with Crippen molar-refractivity contribution in [3.05, 3.63) is 83.9 Å². The molecule has 0 aliphatic rings. The van der Waals surface area contributed by atoms with Crippen molar-refractivity contribution in [2.45, 2.75) is 37.5 Å². The van der Waals surface area contributed by atoms with E-state index in [2.05, 4.69) is 30.9 Å². The first kappa shape index (κ1) is 34.8. The molecule has 0 unspecified atom stereocenters. The standard InChI is InChI=1S/C25H22ClFN8O10S2/c1-10-11(2)21(13(4)22(12(10)3)47(43,44)45)30-25-32-23(26)31-24(33-25)29-16-6-5-14(7-20(16)46(40,41)42)28-17-8-15(27)18(34(36)37)9-19(17)35(38)39/h5-9,28H,1-4H3,(H,40,41,42)(H,43,44,45)(H2,29,30,31,32,33). The van der Waals surface area contributed by atoms with E-state index in [1.54, 1.807) is 13.8 Å². The van der Waals surface area contributed by atoms with Crippen molar-refractivity contribution in [1.82, 2.24) is 15.0 Å². The van der Waals surface area contributed by atoms with Crippen LogP contribution in [0, 0.1) is 53.7 Å². The van der Waals surface area contributed by atoms with Crippen molar-refractivity contribution in [2.24, 2.45) is 0 Å². The number of aromatic nitrogens is 3. The van der Waals surface area contributed by atoms with E-state index in [0.717, 1.165) is 12.1 Å². The summed E-state index contributed by atoms with van der Waals surface area (Å²) in [6.45, 7) is 6.30.